The highest BCUT2D eigenvalue weighted by molar-refractivity contribution is 5.33. The molecular formula is C10H16N2. The summed E-state index contributed by atoms with van der Waals surface area (Å²) in [4.78, 5) is 2.19. The van der Waals surface area contributed by atoms with Gasteiger partial charge in [-0.05, 0) is 19.9 Å². The van der Waals surface area contributed by atoms with Gasteiger partial charge in [0.05, 0.1) is 18.1 Å². The van der Waals surface area contributed by atoms with Crippen molar-refractivity contribution in [3.63, 3.8) is 0 Å². The quantitative estimate of drug-likeness (QED) is 0.636. The average Bonchev–Trinajstić information content (AvgIpc) is 2.43. The minimum atomic E-state index is 0.906. The van der Waals surface area contributed by atoms with Gasteiger partial charge in [-0.1, -0.05) is 18.2 Å². The van der Waals surface area contributed by atoms with Crippen molar-refractivity contribution in [2.75, 3.05) is 13.7 Å². The fourth-order valence-electron chi connectivity index (χ4n) is 1.24. The molecule has 66 valence electrons. The summed E-state index contributed by atoms with van der Waals surface area (Å²) in [6.07, 6.45) is 8.31. The molecule has 0 spiro atoms. The predicted octanol–water partition coefficient (Wildman–Crippen LogP) is 1.84. The molecule has 1 fully saturated rings. The molecule has 0 radical (unpaired) electrons. The van der Waals surface area contributed by atoms with Gasteiger partial charge in [-0.15, -0.1) is 0 Å². The molecule has 0 aromatic rings. The number of likely N-dealkylation sites (N-methyl/N-ethyl adjacent to an activating group) is 1. The molecule has 0 amide bonds. The molecule has 0 atom stereocenters. The minimum absolute atomic E-state index is 0.906. The SMILES string of the molecule is C\C=C/C=C1\C(=C/C)NCN1C. The lowest BCUT2D eigenvalue weighted by atomic mass is 10.3. The Bertz CT molecular complexity index is 236. The van der Waals surface area contributed by atoms with Crippen LogP contribution >= 0.6 is 0 Å². The zero-order chi connectivity index (χ0) is 8.97. The smallest absolute Gasteiger partial charge is 0.0874 e. The second kappa shape index (κ2) is 4.00. The Hall–Kier alpha value is -1.18. The van der Waals surface area contributed by atoms with E-state index in [1.54, 1.807) is 0 Å². The molecule has 12 heavy (non-hydrogen) atoms. The second-order valence-electron chi connectivity index (χ2n) is 2.81. The number of hydrogen-bond donors (Lipinski definition) is 1. The van der Waals surface area contributed by atoms with Crippen molar-refractivity contribution >= 4 is 0 Å². The summed E-state index contributed by atoms with van der Waals surface area (Å²) in [6, 6.07) is 0. The van der Waals surface area contributed by atoms with Crippen LogP contribution in [0.3, 0.4) is 0 Å². The molecule has 1 N–H and O–H groups in total. The van der Waals surface area contributed by atoms with Gasteiger partial charge in [-0.2, -0.15) is 0 Å². The monoisotopic (exact) mass is 164 g/mol. The van der Waals surface area contributed by atoms with Crippen molar-refractivity contribution in [3.05, 3.63) is 35.7 Å². The first-order chi connectivity index (χ1) is 5.79. The molecule has 0 bridgehead atoms. The van der Waals surface area contributed by atoms with Crippen molar-refractivity contribution in [1.29, 1.82) is 0 Å². The summed E-state index contributed by atoms with van der Waals surface area (Å²) in [5.74, 6) is 0. The van der Waals surface area contributed by atoms with Crippen molar-refractivity contribution in [2.45, 2.75) is 13.8 Å². The van der Waals surface area contributed by atoms with Gasteiger partial charge in [0.15, 0.2) is 0 Å². The number of allylic oxidation sites excluding steroid dienone is 4. The van der Waals surface area contributed by atoms with Crippen molar-refractivity contribution in [3.8, 4) is 0 Å². The highest BCUT2D eigenvalue weighted by Gasteiger charge is 2.15. The van der Waals surface area contributed by atoms with Crippen LogP contribution in [0.5, 0.6) is 0 Å². The van der Waals surface area contributed by atoms with Gasteiger partial charge in [0.25, 0.3) is 0 Å². The average molecular weight is 164 g/mol. The molecule has 2 nitrogen and oxygen atoms in total. The van der Waals surface area contributed by atoms with Crippen molar-refractivity contribution < 1.29 is 0 Å². The zero-order valence-electron chi connectivity index (χ0n) is 7.96. The Morgan fingerprint density at radius 1 is 1.42 bits per heavy atom. The van der Waals surface area contributed by atoms with E-state index >= 15 is 0 Å². The van der Waals surface area contributed by atoms with Crippen LogP contribution in [0, 0.1) is 0 Å². The van der Waals surface area contributed by atoms with E-state index in [1.807, 2.05) is 19.9 Å². The molecule has 1 rings (SSSR count). The summed E-state index contributed by atoms with van der Waals surface area (Å²) in [5.41, 5.74) is 2.48. The van der Waals surface area contributed by atoms with Gasteiger partial charge < -0.3 is 10.2 Å². The van der Waals surface area contributed by atoms with Gasteiger partial charge in [-0.25, -0.2) is 0 Å². The maximum atomic E-state index is 3.30. The molecular weight excluding hydrogens is 148 g/mol. The molecule has 1 aliphatic heterocycles. The van der Waals surface area contributed by atoms with E-state index in [2.05, 4.69) is 35.5 Å². The van der Waals surface area contributed by atoms with Crippen LogP contribution in [-0.4, -0.2) is 18.6 Å². The van der Waals surface area contributed by atoms with Gasteiger partial charge >= 0.3 is 0 Å². The molecule has 1 saturated heterocycles. The minimum Gasteiger partial charge on any atom is -0.366 e. The third-order valence-corrected chi connectivity index (χ3v) is 1.93. The summed E-state index contributed by atoms with van der Waals surface area (Å²) < 4.78 is 0. The van der Waals surface area contributed by atoms with Crippen molar-refractivity contribution in [1.82, 2.24) is 10.2 Å². The van der Waals surface area contributed by atoms with E-state index in [0.29, 0.717) is 0 Å². The van der Waals surface area contributed by atoms with E-state index in [9.17, 15) is 0 Å². The van der Waals surface area contributed by atoms with E-state index < -0.39 is 0 Å². The van der Waals surface area contributed by atoms with Crippen LogP contribution in [-0.2, 0) is 0 Å². The van der Waals surface area contributed by atoms with Gasteiger partial charge in [0.1, 0.15) is 0 Å². The highest BCUT2D eigenvalue weighted by atomic mass is 15.3. The Morgan fingerprint density at radius 3 is 2.75 bits per heavy atom. The van der Waals surface area contributed by atoms with Crippen LogP contribution in [0.4, 0.5) is 0 Å². The van der Waals surface area contributed by atoms with E-state index in [1.165, 1.54) is 11.4 Å². The van der Waals surface area contributed by atoms with Crippen LogP contribution in [0.15, 0.2) is 35.7 Å². The highest BCUT2D eigenvalue weighted by Crippen LogP contribution is 2.16. The summed E-state index contributed by atoms with van der Waals surface area (Å²) in [7, 11) is 2.08. The first kappa shape index (κ1) is 8.91. The lowest BCUT2D eigenvalue weighted by molar-refractivity contribution is 0.466. The summed E-state index contributed by atoms with van der Waals surface area (Å²) >= 11 is 0. The maximum absolute atomic E-state index is 3.30. The molecule has 1 aliphatic rings. The predicted molar refractivity (Wildman–Crippen MR) is 52.4 cm³/mol. The fraction of sp³-hybridized carbons (Fsp3) is 0.400. The third kappa shape index (κ3) is 1.70. The van der Waals surface area contributed by atoms with Gasteiger partial charge in [0.2, 0.25) is 0 Å². The van der Waals surface area contributed by atoms with Crippen LogP contribution in [0.1, 0.15) is 13.8 Å². The maximum Gasteiger partial charge on any atom is 0.0874 e. The summed E-state index contributed by atoms with van der Waals surface area (Å²) in [5, 5.41) is 3.30. The van der Waals surface area contributed by atoms with E-state index in [4.69, 9.17) is 0 Å². The molecule has 0 aliphatic carbocycles. The molecule has 0 aromatic heterocycles. The standard InChI is InChI=1S/C10H16N2/c1-4-6-7-10-9(5-2)11-8-12(10)3/h4-7,11H,8H2,1-3H3/b6-4-,9-5+,10-7+. The number of rotatable bonds is 1. The Kier molecular flexibility index (Phi) is 2.97. The first-order valence-electron chi connectivity index (χ1n) is 4.24. The lowest BCUT2D eigenvalue weighted by Crippen LogP contribution is -2.14. The van der Waals surface area contributed by atoms with Crippen molar-refractivity contribution in [2.24, 2.45) is 0 Å². The molecule has 0 aromatic carbocycles. The number of nitrogens with zero attached hydrogens (tertiary/aromatic N) is 1. The molecule has 1 heterocycles. The van der Waals surface area contributed by atoms with E-state index in [0.717, 1.165) is 6.67 Å². The third-order valence-electron chi connectivity index (χ3n) is 1.93. The Morgan fingerprint density at radius 2 is 2.17 bits per heavy atom. The first-order valence-corrected chi connectivity index (χ1v) is 4.24. The Labute approximate surface area is 74.3 Å². The topological polar surface area (TPSA) is 15.3 Å². The van der Waals surface area contributed by atoms with Crippen LogP contribution in [0.2, 0.25) is 0 Å². The van der Waals surface area contributed by atoms with Gasteiger partial charge in [-0.3, -0.25) is 0 Å². The fourth-order valence-corrected chi connectivity index (χ4v) is 1.24. The zero-order valence-corrected chi connectivity index (χ0v) is 7.96. The molecule has 0 unspecified atom stereocenters. The largest absolute Gasteiger partial charge is 0.366 e. The lowest BCUT2D eigenvalue weighted by Gasteiger charge is -2.09. The van der Waals surface area contributed by atoms with Crippen LogP contribution in [0.25, 0.3) is 0 Å². The Balaban J connectivity index is 2.84. The normalized spacial score (nSPS) is 24.4. The summed E-state index contributed by atoms with van der Waals surface area (Å²) in [6.45, 7) is 4.98. The number of nitrogens with one attached hydrogen (secondary N) is 1. The molecule has 2 heteroatoms. The van der Waals surface area contributed by atoms with E-state index in [-0.39, 0.29) is 0 Å². The van der Waals surface area contributed by atoms with Gasteiger partial charge in [0, 0.05) is 7.05 Å². The van der Waals surface area contributed by atoms with Crippen LogP contribution < -0.4 is 5.32 Å². The number of hydrogen-bond acceptors (Lipinski definition) is 2. The molecule has 0 saturated carbocycles. The second-order valence-corrected chi connectivity index (χ2v) is 2.81.